The van der Waals surface area contributed by atoms with Gasteiger partial charge in [0, 0.05) is 10.6 Å². The van der Waals surface area contributed by atoms with Crippen molar-refractivity contribution in [3.63, 3.8) is 0 Å². The van der Waals surface area contributed by atoms with Crippen LogP contribution in [0, 0.1) is 11.6 Å². The highest BCUT2D eigenvalue weighted by Gasteiger charge is 2.12. The minimum atomic E-state index is -1.08. The SMILES string of the molecule is OCc1ccc(Cl)cc1Oc1cccc(F)c1F. The molecule has 1 N–H and O–H groups in total. The van der Waals surface area contributed by atoms with Gasteiger partial charge in [0.15, 0.2) is 11.6 Å². The van der Waals surface area contributed by atoms with Crippen molar-refractivity contribution in [2.75, 3.05) is 0 Å². The molecule has 0 bridgehead atoms. The molecule has 2 aromatic rings. The monoisotopic (exact) mass is 270 g/mol. The Labute approximate surface area is 107 Å². The van der Waals surface area contributed by atoms with E-state index in [1.807, 2.05) is 0 Å². The molecule has 0 spiro atoms. The molecule has 2 rings (SSSR count). The zero-order chi connectivity index (χ0) is 13.1. The van der Waals surface area contributed by atoms with Crippen molar-refractivity contribution in [1.82, 2.24) is 0 Å². The van der Waals surface area contributed by atoms with Gasteiger partial charge < -0.3 is 9.84 Å². The van der Waals surface area contributed by atoms with E-state index in [-0.39, 0.29) is 18.1 Å². The summed E-state index contributed by atoms with van der Waals surface area (Å²) in [5.74, 6) is -2.15. The zero-order valence-electron chi connectivity index (χ0n) is 9.16. The van der Waals surface area contributed by atoms with Crippen LogP contribution in [0.4, 0.5) is 8.78 Å². The first-order chi connectivity index (χ1) is 8.61. The lowest BCUT2D eigenvalue weighted by Crippen LogP contribution is -1.95. The maximum absolute atomic E-state index is 13.4. The Hall–Kier alpha value is -1.65. The average Bonchev–Trinajstić information content (AvgIpc) is 2.35. The maximum atomic E-state index is 13.4. The van der Waals surface area contributed by atoms with Crippen molar-refractivity contribution in [3.05, 3.63) is 58.6 Å². The first-order valence-corrected chi connectivity index (χ1v) is 5.50. The van der Waals surface area contributed by atoms with Gasteiger partial charge in [-0.1, -0.05) is 23.7 Å². The fraction of sp³-hybridized carbons (Fsp3) is 0.0769. The fourth-order valence-corrected chi connectivity index (χ4v) is 1.60. The summed E-state index contributed by atoms with van der Waals surface area (Å²) in [7, 11) is 0. The molecule has 18 heavy (non-hydrogen) atoms. The first-order valence-electron chi connectivity index (χ1n) is 5.13. The normalized spacial score (nSPS) is 10.4. The van der Waals surface area contributed by atoms with Gasteiger partial charge in [0.1, 0.15) is 5.75 Å². The molecular formula is C13H9ClF2O2. The van der Waals surface area contributed by atoms with E-state index < -0.39 is 11.6 Å². The van der Waals surface area contributed by atoms with Gasteiger partial charge in [-0.15, -0.1) is 0 Å². The molecule has 0 fully saturated rings. The molecule has 0 aliphatic carbocycles. The highest BCUT2D eigenvalue weighted by atomic mass is 35.5. The molecule has 2 aromatic carbocycles. The van der Waals surface area contributed by atoms with Crippen LogP contribution in [0.5, 0.6) is 11.5 Å². The Bertz CT molecular complexity index is 573. The lowest BCUT2D eigenvalue weighted by Gasteiger charge is -2.10. The molecule has 0 saturated heterocycles. The van der Waals surface area contributed by atoms with Crippen LogP contribution in [0.15, 0.2) is 36.4 Å². The number of hydrogen-bond donors (Lipinski definition) is 1. The third kappa shape index (κ3) is 2.60. The largest absolute Gasteiger partial charge is 0.454 e. The average molecular weight is 271 g/mol. The highest BCUT2D eigenvalue weighted by molar-refractivity contribution is 6.30. The number of aliphatic hydroxyl groups excluding tert-OH is 1. The minimum absolute atomic E-state index is 0.189. The van der Waals surface area contributed by atoms with Gasteiger partial charge in [0.2, 0.25) is 5.82 Å². The van der Waals surface area contributed by atoms with Gasteiger partial charge in [-0.3, -0.25) is 0 Å². The third-order valence-corrected chi connectivity index (χ3v) is 2.57. The maximum Gasteiger partial charge on any atom is 0.201 e. The molecule has 94 valence electrons. The molecule has 0 saturated carbocycles. The third-order valence-electron chi connectivity index (χ3n) is 2.34. The predicted octanol–water partition coefficient (Wildman–Crippen LogP) is 3.90. The van der Waals surface area contributed by atoms with Crippen LogP contribution in [0.1, 0.15) is 5.56 Å². The number of benzene rings is 2. The van der Waals surface area contributed by atoms with Gasteiger partial charge in [0.25, 0.3) is 0 Å². The quantitative estimate of drug-likeness (QED) is 0.916. The van der Waals surface area contributed by atoms with Crippen LogP contribution in [-0.2, 0) is 6.61 Å². The topological polar surface area (TPSA) is 29.5 Å². The van der Waals surface area contributed by atoms with Crippen molar-refractivity contribution >= 4 is 11.6 Å². The Kier molecular flexibility index (Phi) is 3.79. The van der Waals surface area contributed by atoms with Gasteiger partial charge in [0.05, 0.1) is 6.61 Å². The summed E-state index contributed by atoms with van der Waals surface area (Å²) in [6.45, 7) is -0.288. The number of ether oxygens (including phenoxy) is 1. The molecule has 0 aliphatic rings. The van der Waals surface area contributed by atoms with Crippen LogP contribution < -0.4 is 4.74 Å². The number of aliphatic hydroxyl groups is 1. The zero-order valence-corrected chi connectivity index (χ0v) is 9.92. The Balaban J connectivity index is 2.39. The van der Waals surface area contributed by atoms with Crippen molar-refractivity contribution < 1.29 is 18.6 Å². The molecule has 0 aromatic heterocycles. The van der Waals surface area contributed by atoms with E-state index >= 15 is 0 Å². The Morgan fingerprint density at radius 1 is 1.11 bits per heavy atom. The van der Waals surface area contributed by atoms with Crippen molar-refractivity contribution in [2.45, 2.75) is 6.61 Å². The Morgan fingerprint density at radius 3 is 2.61 bits per heavy atom. The van der Waals surface area contributed by atoms with Crippen LogP contribution in [0.3, 0.4) is 0 Å². The van der Waals surface area contributed by atoms with E-state index in [2.05, 4.69) is 0 Å². The van der Waals surface area contributed by atoms with Gasteiger partial charge in [-0.2, -0.15) is 4.39 Å². The van der Waals surface area contributed by atoms with Crippen LogP contribution >= 0.6 is 11.6 Å². The number of halogens is 3. The van der Waals surface area contributed by atoms with E-state index in [0.29, 0.717) is 10.6 Å². The molecule has 5 heteroatoms. The highest BCUT2D eigenvalue weighted by Crippen LogP contribution is 2.30. The molecule has 0 heterocycles. The standard InChI is InChI=1S/C13H9ClF2O2/c14-9-5-4-8(7-17)12(6-9)18-11-3-1-2-10(15)13(11)16/h1-6,17H,7H2. The second-order valence-electron chi connectivity index (χ2n) is 3.56. The molecular weight excluding hydrogens is 262 g/mol. The summed E-state index contributed by atoms with van der Waals surface area (Å²) in [5.41, 5.74) is 0.433. The summed E-state index contributed by atoms with van der Waals surface area (Å²) in [6.07, 6.45) is 0. The van der Waals surface area contributed by atoms with Crippen LogP contribution in [-0.4, -0.2) is 5.11 Å². The van der Waals surface area contributed by atoms with E-state index in [1.165, 1.54) is 18.2 Å². The van der Waals surface area contributed by atoms with Crippen molar-refractivity contribution in [2.24, 2.45) is 0 Å². The summed E-state index contributed by atoms with van der Waals surface area (Å²) < 4.78 is 31.7. The lowest BCUT2D eigenvalue weighted by molar-refractivity contribution is 0.275. The number of hydrogen-bond acceptors (Lipinski definition) is 2. The van der Waals surface area contributed by atoms with Crippen LogP contribution in [0.25, 0.3) is 0 Å². The van der Waals surface area contributed by atoms with Gasteiger partial charge in [-0.05, 0) is 24.3 Å². The summed E-state index contributed by atoms with van der Waals surface area (Å²) in [5, 5.41) is 9.49. The minimum Gasteiger partial charge on any atom is -0.454 e. The van der Waals surface area contributed by atoms with E-state index in [9.17, 15) is 8.78 Å². The molecule has 0 aliphatic heterocycles. The van der Waals surface area contributed by atoms with Gasteiger partial charge in [-0.25, -0.2) is 4.39 Å². The second kappa shape index (κ2) is 5.33. The molecule has 0 unspecified atom stereocenters. The van der Waals surface area contributed by atoms with Crippen molar-refractivity contribution in [3.8, 4) is 11.5 Å². The molecule has 2 nitrogen and oxygen atoms in total. The van der Waals surface area contributed by atoms with E-state index in [1.54, 1.807) is 12.1 Å². The lowest BCUT2D eigenvalue weighted by atomic mass is 10.2. The summed E-state index contributed by atoms with van der Waals surface area (Å²) in [4.78, 5) is 0. The Morgan fingerprint density at radius 2 is 1.89 bits per heavy atom. The second-order valence-corrected chi connectivity index (χ2v) is 4.00. The summed E-state index contributed by atoms with van der Waals surface area (Å²) >= 11 is 5.78. The molecule has 0 atom stereocenters. The fourth-order valence-electron chi connectivity index (χ4n) is 1.44. The van der Waals surface area contributed by atoms with E-state index in [0.717, 1.165) is 6.07 Å². The summed E-state index contributed by atoms with van der Waals surface area (Å²) in [6, 6.07) is 8.17. The first kappa shape index (κ1) is 12.8. The molecule has 0 amide bonds. The van der Waals surface area contributed by atoms with Crippen molar-refractivity contribution in [1.29, 1.82) is 0 Å². The van der Waals surface area contributed by atoms with E-state index in [4.69, 9.17) is 21.4 Å². The smallest absolute Gasteiger partial charge is 0.201 e. The van der Waals surface area contributed by atoms with Crippen LogP contribution in [0.2, 0.25) is 5.02 Å². The number of rotatable bonds is 3. The predicted molar refractivity (Wildman–Crippen MR) is 63.8 cm³/mol. The molecule has 0 radical (unpaired) electrons. The van der Waals surface area contributed by atoms with Gasteiger partial charge >= 0.3 is 0 Å².